The fourth-order valence-electron chi connectivity index (χ4n) is 2.68. The average Bonchev–Trinajstić information content (AvgIpc) is 2.68. The number of carbonyl (C=O) groups excluding carboxylic acids is 3. The zero-order valence-electron chi connectivity index (χ0n) is 16.0. The molecule has 0 aliphatic heterocycles. The van der Waals surface area contributed by atoms with Crippen molar-refractivity contribution < 1.29 is 14.4 Å². The third-order valence-corrected chi connectivity index (χ3v) is 4.50. The number of amides is 3. The Kier molecular flexibility index (Phi) is 8.02. The van der Waals surface area contributed by atoms with Gasteiger partial charge in [-0.25, -0.2) is 0 Å². The van der Waals surface area contributed by atoms with Crippen molar-refractivity contribution in [3.8, 4) is 0 Å². The minimum absolute atomic E-state index is 0.149. The summed E-state index contributed by atoms with van der Waals surface area (Å²) in [6.45, 7) is 4.83. The molecule has 148 valence electrons. The molecule has 28 heavy (non-hydrogen) atoms. The Morgan fingerprint density at radius 3 is 2.25 bits per heavy atom. The lowest BCUT2D eigenvalue weighted by Gasteiger charge is -2.19. The monoisotopic (exact) mass is 401 g/mol. The van der Waals surface area contributed by atoms with Crippen LogP contribution in [0, 0.1) is 0 Å². The molecule has 2 N–H and O–H groups in total. The van der Waals surface area contributed by atoms with Crippen LogP contribution in [0.1, 0.15) is 29.8 Å². The topological polar surface area (TPSA) is 78.5 Å². The number of halogens is 1. The maximum absolute atomic E-state index is 12.4. The van der Waals surface area contributed by atoms with E-state index >= 15 is 0 Å². The fourth-order valence-corrected chi connectivity index (χ4v) is 2.94. The van der Waals surface area contributed by atoms with Gasteiger partial charge in [0.1, 0.15) is 0 Å². The van der Waals surface area contributed by atoms with Crippen LogP contribution in [0.4, 0.5) is 5.69 Å². The summed E-state index contributed by atoms with van der Waals surface area (Å²) in [4.78, 5) is 38.0. The highest BCUT2D eigenvalue weighted by atomic mass is 35.5. The maximum atomic E-state index is 12.4. The van der Waals surface area contributed by atoms with E-state index in [0.717, 1.165) is 5.56 Å². The van der Waals surface area contributed by atoms with Crippen LogP contribution in [-0.2, 0) is 16.0 Å². The Bertz CT molecular complexity index is 836. The first-order valence-electron chi connectivity index (χ1n) is 9.13. The molecule has 0 spiro atoms. The second kappa shape index (κ2) is 10.5. The molecule has 2 aromatic carbocycles. The van der Waals surface area contributed by atoms with Crippen LogP contribution in [0.2, 0.25) is 5.02 Å². The van der Waals surface area contributed by atoms with Gasteiger partial charge in [0.2, 0.25) is 11.8 Å². The predicted octanol–water partition coefficient (Wildman–Crippen LogP) is 3.12. The molecule has 0 bridgehead atoms. The standard InChI is InChI=1S/C21H24ClN3O3/c1-3-25(4-2)21(28)17-11-10-16(13-18(17)22)24-20(27)14-23-19(26)12-15-8-6-5-7-9-15/h5-11,13H,3-4,12,14H2,1-2H3,(H,23,26)(H,24,27). The number of nitrogens with zero attached hydrogens (tertiary/aromatic N) is 1. The van der Waals surface area contributed by atoms with E-state index in [1.165, 1.54) is 6.07 Å². The lowest BCUT2D eigenvalue weighted by Crippen LogP contribution is -2.33. The lowest BCUT2D eigenvalue weighted by atomic mass is 10.1. The van der Waals surface area contributed by atoms with Crippen molar-refractivity contribution in [3.05, 3.63) is 64.7 Å². The Labute approximate surface area is 169 Å². The fraction of sp³-hybridized carbons (Fsp3) is 0.286. The second-order valence-electron chi connectivity index (χ2n) is 6.16. The number of hydrogen-bond acceptors (Lipinski definition) is 3. The first kappa shape index (κ1) is 21.4. The molecule has 2 aromatic rings. The van der Waals surface area contributed by atoms with E-state index in [-0.39, 0.29) is 35.7 Å². The van der Waals surface area contributed by atoms with E-state index in [1.54, 1.807) is 17.0 Å². The van der Waals surface area contributed by atoms with Gasteiger partial charge in [-0.3, -0.25) is 14.4 Å². The van der Waals surface area contributed by atoms with Crippen molar-refractivity contribution in [2.75, 3.05) is 25.0 Å². The summed E-state index contributed by atoms with van der Waals surface area (Å²) in [5.74, 6) is -0.763. The first-order chi connectivity index (χ1) is 13.4. The molecule has 0 saturated heterocycles. The van der Waals surface area contributed by atoms with Gasteiger partial charge in [0.25, 0.3) is 5.91 Å². The molecule has 0 unspecified atom stereocenters. The summed E-state index contributed by atoms with van der Waals surface area (Å²) in [7, 11) is 0. The van der Waals surface area contributed by atoms with Gasteiger partial charge in [0.05, 0.1) is 23.6 Å². The first-order valence-corrected chi connectivity index (χ1v) is 9.51. The molecule has 0 aromatic heterocycles. The summed E-state index contributed by atoms with van der Waals surface area (Å²) in [5.41, 5.74) is 1.73. The molecule has 6 nitrogen and oxygen atoms in total. The van der Waals surface area contributed by atoms with E-state index < -0.39 is 0 Å². The van der Waals surface area contributed by atoms with Crippen molar-refractivity contribution in [1.29, 1.82) is 0 Å². The Hall–Kier alpha value is -2.86. The van der Waals surface area contributed by atoms with Crippen LogP contribution in [-0.4, -0.2) is 42.3 Å². The third-order valence-electron chi connectivity index (χ3n) is 4.19. The Morgan fingerprint density at radius 2 is 1.64 bits per heavy atom. The highest BCUT2D eigenvalue weighted by Crippen LogP contribution is 2.22. The van der Waals surface area contributed by atoms with Crippen LogP contribution >= 0.6 is 11.6 Å². The van der Waals surface area contributed by atoms with Crippen molar-refractivity contribution >= 4 is 35.0 Å². The minimum atomic E-state index is -0.375. The van der Waals surface area contributed by atoms with E-state index in [2.05, 4.69) is 10.6 Å². The molecule has 0 radical (unpaired) electrons. The van der Waals surface area contributed by atoms with Gasteiger partial charge >= 0.3 is 0 Å². The van der Waals surface area contributed by atoms with Gasteiger partial charge in [-0.15, -0.1) is 0 Å². The lowest BCUT2D eigenvalue weighted by molar-refractivity contribution is -0.123. The quantitative estimate of drug-likeness (QED) is 0.713. The normalized spacial score (nSPS) is 10.2. The molecule has 0 saturated carbocycles. The molecule has 2 rings (SSSR count). The van der Waals surface area contributed by atoms with Crippen LogP contribution in [0.5, 0.6) is 0 Å². The summed E-state index contributed by atoms with van der Waals surface area (Å²) in [5, 5.41) is 5.51. The smallest absolute Gasteiger partial charge is 0.255 e. The molecule has 0 atom stereocenters. The van der Waals surface area contributed by atoms with Gasteiger partial charge in [-0.1, -0.05) is 41.9 Å². The molecule has 7 heteroatoms. The molecule has 0 aliphatic rings. The summed E-state index contributed by atoms with van der Waals surface area (Å²) < 4.78 is 0. The molecular weight excluding hydrogens is 378 g/mol. The number of carbonyl (C=O) groups is 3. The van der Waals surface area contributed by atoms with Gasteiger partial charge < -0.3 is 15.5 Å². The van der Waals surface area contributed by atoms with E-state index in [1.807, 2.05) is 44.2 Å². The van der Waals surface area contributed by atoms with Crippen molar-refractivity contribution in [2.24, 2.45) is 0 Å². The Balaban J connectivity index is 1.89. The van der Waals surface area contributed by atoms with Gasteiger partial charge in [-0.05, 0) is 37.6 Å². The zero-order chi connectivity index (χ0) is 20.5. The second-order valence-corrected chi connectivity index (χ2v) is 6.57. The van der Waals surface area contributed by atoms with E-state index in [4.69, 9.17) is 11.6 Å². The highest BCUT2D eigenvalue weighted by Gasteiger charge is 2.16. The van der Waals surface area contributed by atoms with E-state index in [9.17, 15) is 14.4 Å². The predicted molar refractivity (Wildman–Crippen MR) is 110 cm³/mol. The van der Waals surface area contributed by atoms with Crippen LogP contribution < -0.4 is 10.6 Å². The average molecular weight is 402 g/mol. The largest absolute Gasteiger partial charge is 0.347 e. The highest BCUT2D eigenvalue weighted by molar-refractivity contribution is 6.34. The van der Waals surface area contributed by atoms with Crippen LogP contribution in [0.3, 0.4) is 0 Å². The van der Waals surface area contributed by atoms with Crippen molar-refractivity contribution in [3.63, 3.8) is 0 Å². The number of benzene rings is 2. The van der Waals surface area contributed by atoms with Crippen LogP contribution in [0.25, 0.3) is 0 Å². The van der Waals surface area contributed by atoms with Gasteiger partial charge in [-0.2, -0.15) is 0 Å². The van der Waals surface area contributed by atoms with E-state index in [0.29, 0.717) is 24.3 Å². The number of nitrogens with one attached hydrogen (secondary N) is 2. The molecule has 0 fully saturated rings. The summed E-state index contributed by atoms with van der Waals surface area (Å²) in [6.07, 6.45) is 0.210. The number of hydrogen-bond donors (Lipinski definition) is 2. The van der Waals surface area contributed by atoms with Crippen LogP contribution in [0.15, 0.2) is 48.5 Å². The SMILES string of the molecule is CCN(CC)C(=O)c1ccc(NC(=O)CNC(=O)Cc2ccccc2)cc1Cl. The van der Waals surface area contributed by atoms with Crippen molar-refractivity contribution in [1.82, 2.24) is 10.2 Å². The van der Waals surface area contributed by atoms with Crippen molar-refractivity contribution in [2.45, 2.75) is 20.3 Å². The number of anilines is 1. The Morgan fingerprint density at radius 1 is 0.964 bits per heavy atom. The third kappa shape index (κ3) is 6.09. The van der Waals surface area contributed by atoms with Gasteiger partial charge in [0, 0.05) is 18.8 Å². The summed E-state index contributed by atoms with van der Waals surface area (Å²) >= 11 is 6.21. The summed E-state index contributed by atoms with van der Waals surface area (Å²) in [6, 6.07) is 14.0. The molecular formula is C21H24ClN3O3. The molecule has 3 amide bonds. The number of rotatable bonds is 8. The molecule has 0 heterocycles. The minimum Gasteiger partial charge on any atom is -0.347 e. The molecule has 0 aliphatic carbocycles. The van der Waals surface area contributed by atoms with Gasteiger partial charge in [0.15, 0.2) is 0 Å². The zero-order valence-corrected chi connectivity index (χ0v) is 16.8. The maximum Gasteiger partial charge on any atom is 0.255 e.